The van der Waals surface area contributed by atoms with Crippen molar-refractivity contribution < 1.29 is 30.0 Å². The average Bonchev–Trinajstić information content (AvgIpc) is 3.22. The molecule has 1 saturated carbocycles. The maximum Gasteiger partial charge on any atom is 0.303 e. The number of unbranched alkanes of at least 4 members (excludes halogenated alkanes) is 1. The first-order valence-electron chi connectivity index (χ1n) is 9.21. The number of allylic oxidation sites excluding steroid dienone is 2. The van der Waals surface area contributed by atoms with Crippen LogP contribution in [0.25, 0.3) is 0 Å². The lowest BCUT2D eigenvalue weighted by Gasteiger charge is -2.19. The van der Waals surface area contributed by atoms with Crippen LogP contribution < -0.4 is 4.74 Å². The summed E-state index contributed by atoms with van der Waals surface area (Å²) in [5, 5.41) is 42.8. The van der Waals surface area contributed by atoms with Crippen molar-refractivity contribution in [3.05, 3.63) is 41.1 Å². The minimum Gasteiger partial charge on any atom is -0.490 e. The van der Waals surface area contributed by atoms with Crippen LogP contribution in [0.5, 0.6) is 5.75 Å². The lowest BCUT2D eigenvalue weighted by Crippen LogP contribution is -2.21. The number of aliphatic hydroxyl groups is 3. The first-order chi connectivity index (χ1) is 13.0. The molecule has 6 nitrogen and oxygen atoms in total. The van der Waals surface area contributed by atoms with E-state index in [2.05, 4.69) is 0 Å². The molecule has 1 aliphatic carbocycles. The average molecular weight is 397 g/mol. The predicted octanol–water partition coefficient (Wildman–Crippen LogP) is 2.60. The van der Waals surface area contributed by atoms with Crippen LogP contribution in [-0.2, 0) is 4.79 Å². The van der Waals surface area contributed by atoms with Crippen LogP contribution in [0.4, 0.5) is 0 Å². The van der Waals surface area contributed by atoms with Crippen molar-refractivity contribution in [1.82, 2.24) is 0 Å². The van der Waals surface area contributed by atoms with Gasteiger partial charge in [0.05, 0.1) is 12.2 Å². The Labute approximate surface area is 163 Å². The molecule has 0 amide bonds. The Bertz CT molecular complexity index is 612. The van der Waals surface area contributed by atoms with Crippen molar-refractivity contribution in [3.8, 4) is 5.75 Å². The predicted molar refractivity (Wildman–Crippen MR) is 104 cm³/mol. The summed E-state index contributed by atoms with van der Waals surface area (Å²) in [5.41, 5.74) is 0. The van der Waals surface area contributed by atoms with Crippen LogP contribution in [-0.4, -0.2) is 51.3 Å². The third-order valence-electron chi connectivity index (χ3n) is 4.72. The molecule has 1 fully saturated rings. The molecular formula is C20H28O6S. The number of carboxylic acid groups (broad SMARTS) is 1. The number of aliphatic hydroxyl groups excluding tert-OH is 3. The summed E-state index contributed by atoms with van der Waals surface area (Å²) < 4.78 is 5.46. The second-order valence-electron chi connectivity index (χ2n) is 6.83. The van der Waals surface area contributed by atoms with Gasteiger partial charge < -0.3 is 25.2 Å². The highest BCUT2D eigenvalue weighted by Gasteiger charge is 2.39. The summed E-state index contributed by atoms with van der Waals surface area (Å²) in [6, 6.07) is 1.83. The third-order valence-corrected chi connectivity index (χ3v) is 5.39. The fraction of sp³-hybridized carbons (Fsp3) is 0.550. The molecule has 1 aliphatic rings. The molecule has 1 aromatic rings. The van der Waals surface area contributed by atoms with E-state index in [1.807, 2.05) is 29.0 Å². The van der Waals surface area contributed by atoms with Crippen molar-refractivity contribution >= 4 is 17.3 Å². The normalized spacial score (nSPS) is 26.8. The molecule has 2 rings (SSSR count). The summed E-state index contributed by atoms with van der Waals surface area (Å²) in [5.74, 6) is -0.449. The standard InChI is InChI=1S/C20H28O6S/c21-14(12-26-15-9-10-27-13-15)7-8-17-16(18(22)11-19(17)23)5-3-1-2-4-6-20(24)25/h1,3,7-10,13-14,16-19,21-23H,2,4-6,11-12H2,(H,24,25)/t14?,16-,17-,18+,19-/m1/s1. The van der Waals surface area contributed by atoms with Gasteiger partial charge in [-0.3, -0.25) is 4.79 Å². The van der Waals surface area contributed by atoms with Crippen molar-refractivity contribution in [1.29, 1.82) is 0 Å². The van der Waals surface area contributed by atoms with Crippen LogP contribution in [0, 0.1) is 11.8 Å². The Hall–Kier alpha value is -1.67. The van der Waals surface area contributed by atoms with E-state index in [9.17, 15) is 20.1 Å². The van der Waals surface area contributed by atoms with Crippen LogP contribution in [0.2, 0.25) is 0 Å². The molecule has 0 aliphatic heterocycles. The molecule has 0 aromatic carbocycles. The van der Waals surface area contributed by atoms with Crippen molar-refractivity contribution in [2.45, 2.75) is 50.4 Å². The topological polar surface area (TPSA) is 107 Å². The maximum atomic E-state index is 10.5. The summed E-state index contributed by atoms with van der Waals surface area (Å²) in [7, 11) is 0. The molecule has 150 valence electrons. The molecule has 1 heterocycles. The molecule has 7 heteroatoms. The Balaban J connectivity index is 1.81. The van der Waals surface area contributed by atoms with Crippen LogP contribution >= 0.6 is 11.3 Å². The largest absolute Gasteiger partial charge is 0.490 e. The number of ether oxygens (including phenoxy) is 1. The van der Waals surface area contributed by atoms with E-state index >= 15 is 0 Å². The molecular weight excluding hydrogens is 368 g/mol. The van der Waals surface area contributed by atoms with Gasteiger partial charge in [0.2, 0.25) is 0 Å². The summed E-state index contributed by atoms with van der Waals surface area (Å²) in [4.78, 5) is 10.5. The van der Waals surface area contributed by atoms with E-state index < -0.39 is 24.3 Å². The van der Waals surface area contributed by atoms with Gasteiger partial charge in [0.1, 0.15) is 18.5 Å². The number of rotatable bonds is 11. The minimum absolute atomic E-state index is 0.128. The van der Waals surface area contributed by atoms with E-state index in [-0.39, 0.29) is 24.9 Å². The van der Waals surface area contributed by atoms with Crippen LogP contribution in [0.1, 0.15) is 32.1 Å². The molecule has 4 N–H and O–H groups in total. The molecule has 0 radical (unpaired) electrons. The zero-order valence-corrected chi connectivity index (χ0v) is 16.0. The summed E-state index contributed by atoms with van der Waals surface area (Å²) in [6.45, 7) is 0.132. The van der Waals surface area contributed by atoms with Crippen molar-refractivity contribution in [2.75, 3.05) is 6.61 Å². The number of hydrogen-bond acceptors (Lipinski definition) is 6. The minimum atomic E-state index is -0.801. The van der Waals surface area contributed by atoms with Gasteiger partial charge in [-0.2, -0.15) is 0 Å². The number of hydrogen-bond donors (Lipinski definition) is 4. The van der Waals surface area contributed by atoms with Crippen molar-refractivity contribution in [2.24, 2.45) is 11.8 Å². The van der Waals surface area contributed by atoms with E-state index in [4.69, 9.17) is 9.84 Å². The lowest BCUT2D eigenvalue weighted by molar-refractivity contribution is -0.137. The zero-order valence-electron chi connectivity index (χ0n) is 15.2. The quantitative estimate of drug-likeness (QED) is 0.338. The highest BCUT2D eigenvalue weighted by Crippen LogP contribution is 2.36. The summed E-state index contributed by atoms with van der Waals surface area (Å²) in [6.07, 6.45) is 7.52. The molecule has 1 unspecified atom stereocenters. The Morgan fingerprint density at radius 1 is 1.33 bits per heavy atom. The number of carbonyl (C=O) groups is 1. The van der Waals surface area contributed by atoms with E-state index in [0.29, 0.717) is 25.7 Å². The second kappa shape index (κ2) is 11.2. The lowest BCUT2D eigenvalue weighted by atomic mass is 9.89. The zero-order chi connectivity index (χ0) is 19.6. The highest BCUT2D eigenvalue weighted by molar-refractivity contribution is 7.08. The Morgan fingerprint density at radius 2 is 2.15 bits per heavy atom. The van der Waals surface area contributed by atoms with Gasteiger partial charge >= 0.3 is 5.97 Å². The monoisotopic (exact) mass is 396 g/mol. The van der Waals surface area contributed by atoms with Gasteiger partial charge in [-0.05, 0) is 36.6 Å². The fourth-order valence-electron chi connectivity index (χ4n) is 3.28. The molecule has 27 heavy (non-hydrogen) atoms. The van der Waals surface area contributed by atoms with Gasteiger partial charge in [-0.15, -0.1) is 11.3 Å². The molecule has 0 saturated heterocycles. The van der Waals surface area contributed by atoms with Crippen LogP contribution in [0.3, 0.4) is 0 Å². The highest BCUT2D eigenvalue weighted by atomic mass is 32.1. The fourth-order valence-corrected chi connectivity index (χ4v) is 3.85. The Morgan fingerprint density at radius 3 is 2.85 bits per heavy atom. The molecule has 0 spiro atoms. The van der Waals surface area contributed by atoms with Gasteiger partial charge in [0.15, 0.2) is 0 Å². The smallest absolute Gasteiger partial charge is 0.303 e. The van der Waals surface area contributed by atoms with E-state index in [0.717, 1.165) is 5.75 Å². The maximum absolute atomic E-state index is 10.5. The summed E-state index contributed by atoms with van der Waals surface area (Å²) >= 11 is 1.52. The van der Waals surface area contributed by atoms with Gasteiger partial charge in [0.25, 0.3) is 0 Å². The number of thiophene rings is 1. The van der Waals surface area contributed by atoms with E-state index in [1.165, 1.54) is 11.3 Å². The second-order valence-corrected chi connectivity index (χ2v) is 7.61. The molecule has 5 atom stereocenters. The number of carboxylic acids is 1. The van der Waals surface area contributed by atoms with Gasteiger partial charge in [-0.25, -0.2) is 0 Å². The van der Waals surface area contributed by atoms with Crippen molar-refractivity contribution in [3.63, 3.8) is 0 Å². The third kappa shape index (κ3) is 7.46. The van der Waals surface area contributed by atoms with Crippen LogP contribution in [0.15, 0.2) is 41.1 Å². The van der Waals surface area contributed by atoms with Gasteiger partial charge in [-0.1, -0.05) is 24.3 Å². The van der Waals surface area contributed by atoms with E-state index in [1.54, 1.807) is 12.2 Å². The first kappa shape index (κ1) is 21.6. The number of aliphatic carboxylic acids is 1. The Kier molecular flexibility index (Phi) is 9.00. The SMILES string of the molecule is O=C(O)CCCC=CC[C@@H]1[C@@H](C=CC(O)COc2ccsc2)[C@H](O)C[C@@H]1O. The van der Waals surface area contributed by atoms with Gasteiger partial charge in [0, 0.05) is 24.1 Å². The first-order valence-corrected chi connectivity index (χ1v) is 10.2. The molecule has 0 bridgehead atoms. The molecule has 1 aromatic heterocycles.